The molecule has 6 heteroatoms. The van der Waals surface area contributed by atoms with Gasteiger partial charge in [-0.1, -0.05) is 17.7 Å². The normalized spacial score (nSPS) is 11.1. The number of imidazole rings is 1. The van der Waals surface area contributed by atoms with Crippen LogP contribution in [0.3, 0.4) is 0 Å². The zero-order valence-electron chi connectivity index (χ0n) is 9.91. The second-order valence-corrected chi connectivity index (χ2v) is 5.32. The standard InChI is InChI=1S/C13H11ClN2O2S/c14-11-5-9(7-17)1-2-12(11)18-8-10-6-16-3-4-19-13(16)15-10/h1-6,17H,7-8H2. The van der Waals surface area contributed by atoms with Crippen LogP contribution in [0.25, 0.3) is 4.96 Å². The third kappa shape index (κ3) is 2.58. The molecule has 4 nitrogen and oxygen atoms in total. The molecule has 3 aromatic rings. The Morgan fingerprint density at radius 2 is 2.32 bits per heavy atom. The van der Waals surface area contributed by atoms with Crippen molar-refractivity contribution < 1.29 is 9.84 Å². The van der Waals surface area contributed by atoms with Gasteiger partial charge < -0.3 is 9.84 Å². The Morgan fingerprint density at radius 1 is 1.42 bits per heavy atom. The lowest BCUT2D eigenvalue weighted by atomic mass is 10.2. The quantitative estimate of drug-likeness (QED) is 0.804. The van der Waals surface area contributed by atoms with Crippen molar-refractivity contribution in [1.29, 1.82) is 0 Å². The lowest BCUT2D eigenvalue weighted by Crippen LogP contribution is -1.96. The van der Waals surface area contributed by atoms with Crippen LogP contribution in [0.1, 0.15) is 11.3 Å². The van der Waals surface area contributed by atoms with Crippen molar-refractivity contribution in [2.24, 2.45) is 0 Å². The maximum Gasteiger partial charge on any atom is 0.193 e. The minimum absolute atomic E-state index is 0.0304. The van der Waals surface area contributed by atoms with Gasteiger partial charge in [-0.25, -0.2) is 4.98 Å². The molecule has 0 amide bonds. The molecule has 0 unspecified atom stereocenters. The van der Waals surface area contributed by atoms with Gasteiger partial charge >= 0.3 is 0 Å². The molecule has 0 aliphatic rings. The maximum atomic E-state index is 9.01. The molecule has 0 aliphatic heterocycles. The van der Waals surface area contributed by atoms with Gasteiger partial charge in [0.25, 0.3) is 0 Å². The van der Waals surface area contributed by atoms with Crippen LogP contribution in [0.4, 0.5) is 0 Å². The van der Waals surface area contributed by atoms with E-state index < -0.39 is 0 Å². The molecule has 19 heavy (non-hydrogen) atoms. The van der Waals surface area contributed by atoms with Gasteiger partial charge in [0.2, 0.25) is 0 Å². The SMILES string of the molecule is OCc1ccc(OCc2cn3ccsc3n2)c(Cl)c1. The summed E-state index contributed by atoms with van der Waals surface area (Å²) in [5.41, 5.74) is 1.62. The van der Waals surface area contributed by atoms with E-state index in [1.165, 1.54) is 0 Å². The summed E-state index contributed by atoms with van der Waals surface area (Å²) in [6.07, 6.45) is 3.89. The Kier molecular flexibility index (Phi) is 3.42. The van der Waals surface area contributed by atoms with E-state index in [1.807, 2.05) is 22.2 Å². The topological polar surface area (TPSA) is 46.8 Å². The first-order valence-electron chi connectivity index (χ1n) is 5.69. The number of hydrogen-bond donors (Lipinski definition) is 1. The first-order valence-corrected chi connectivity index (χ1v) is 6.95. The molecule has 0 saturated carbocycles. The lowest BCUT2D eigenvalue weighted by molar-refractivity contribution is 0.280. The van der Waals surface area contributed by atoms with E-state index in [-0.39, 0.29) is 6.61 Å². The molecule has 3 rings (SSSR count). The van der Waals surface area contributed by atoms with E-state index >= 15 is 0 Å². The van der Waals surface area contributed by atoms with Crippen molar-refractivity contribution in [2.75, 3.05) is 0 Å². The largest absolute Gasteiger partial charge is 0.486 e. The van der Waals surface area contributed by atoms with Crippen molar-refractivity contribution in [3.63, 3.8) is 0 Å². The molecule has 0 radical (unpaired) electrons. The van der Waals surface area contributed by atoms with Gasteiger partial charge in [0, 0.05) is 17.8 Å². The Labute approximate surface area is 118 Å². The number of rotatable bonds is 4. The number of aliphatic hydroxyl groups excluding tert-OH is 1. The van der Waals surface area contributed by atoms with E-state index in [4.69, 9.17) is 21.4 Å². The molecule has 98 valence electrons. The predicted molar refractivity (Wildman–Crippen MR) is 74.8 cm³/mol. The summed E-state index contributed by atoms with van der Waals surface area (Å²) in [5, 5.41) is 11.5. The molecule has 0 fully saturated rings. The summed E-state index contributed by atoms with van der Waals surface area (Å²) in [6, 6.07) is 5.24. The van der Waals surface area contributed by atoms with Gasteiger partial charge in [-0.05, 0) is 17.7 Å². The molecule has 1 aromatic carbocycles. The Balaban J connectivity index is 1.73. The van der Waals surface area contributed by atoms with E-state index in [9.17, 15) is 0 Å². The average Bonchev–Trinajstić information content (AvgIpc) is 2.98. The Bertz CT molecular complexity index is 679. The average molecular weight is 295 g/mol. The molecule has 0 spiro atoms. The summed E-state index contributed by atoms with van der Waals surface area (Å²) in [5.74, 6) is 0.593. The van der Waals surface area contributed by atoms with E-state index in [2.05, 4.69) is 4.98 Å². The molecule has 1 N–H and O–H groups in total. The number of ether oxygens (including phenoxy) is 1. The molecular weight excluding hydrogens is 284 g/mol. The summed E-state index contributed by atoms with van der Waals surface area (Å²) < 4.78 is 7.59. The number of hydrogen-bond acceptors (Lipinski definition) is 4. The van der Waals surface area contributed by atoms with Gasteiger partial charge in [0.15, 0.2) is 4.96 Å². The van der Waals surface area contributed by atoms with Crippen LogP contribution in [-0.2, 0) is 13.2 Å². The van der Waals surface area contributed by atoms with Crippen molar-refractivity contribution in [1.82, 2.24) is 9.38 Å². The van der Waals surface area contributed by atoms with Crippen LogP contribution in [0.5, 0.6) is 5.75 Å². The van der Waals surface area contributed by atoms with Crippen molar-refractivity contribution in [3.8, 4) is 5.75 Å². The minimum atomic E-state index is -0.0304. The van der Waals surface area contributed by atoms with E-state index in [1.54, 1.807) is 29.5 Å². The highest BCUT2D eigenvalue weighted by atomic mass is 35.5. The Hall–Kier alpha value is -1.56. The van der Waals surface area contributed by atoms with Crippen LogP contribution in [0.2, 0.25) is 5.02 Å². The summed E-state index contributed by atoms with van der Waals surface area (Å²) in [6.45, 7) is 0.337. The number of nitrogens with zero attached hydrogens (tertiary/aromatic N) is 2. The van der Waals surface area contributed by atoms with E-state index in [0.29, 0.717) is 17.4 Å². The van der Waals surface area contributed by atoms with E-state index in [0.717, 1.165) is 16.2 Å². The highest BCUT2D eigenvalue weighted by molar-refractivity contribution is 7.15. The molecule has 0 atom stereocenters. The Morgan fingerprint density at radius 3 is 3.05 bits per heavy atom. The van der Waals surface area contributed by atoms with Crippen molar-refractivity contribution in [2.45, 2.75) is 13.2 Å². The first-order chi connectivity index (χ1) is 9.26. The highest BCUT2D eigenvalue weighted by Gasteiger charge is 2.06. The number of halogens is 1. The fraction of sp³-hybridized carbons (Fsp3) is 0.154. The number of benzene rings is 1. The minimum Gasteiger partial charge on any atom is -0.486 e. The molecule has 0 aliphatic carbocycles. The molecule has 0 saturated heterocycles. The monoisotopic (exact) mass is 294 g/mol. The first kappa shape index (κ1) is 12.5. The lowest BCUT2D eigenvalue weighted by Gasteiger charge is -2.07. The van der Waals surface area contributed by atoms with Crippen LogP contribution in [0, 0.1) is 0 Å². The fourth-order valence-electron chi connectivity index (χ4n) is 1.76. The van der Waals surface area contributed by atoms with Gasteiger partial charge in [-0.3, -0.25) is 4.40 Å². The molecule has 2 aromatic heterocycles. The second-order valence-electron chi connectivity index (χ2n) is 4.04. The van der Waals surface area contributed by atoms with Crippen molar-refractivity contribution in [3.05, 3.63) is 52.3 Å². The van der Waals surface area contributed by atoms with Gasteiger partial charge in [0.05, 0.1) is 17.3 Å². The number of aliphatic hydroxyl groups is 1. The smallest absolute Gasteiger partial charge is 0.193 e. The third-order valence-corrected chi connectivity index (χ3v) is 3.76. The third-order valence-electron chi connectivity index (χ3n) is 2.70. The number of thiazole rings is 1. The highest BCUT2D eigenvalue weighted by Crippen LogP contribution is 2.26. The number of aromatic nitrogens is 2. The van der Waals surface area contributed by atoms with Crippen LogP contribution >= 0.6 is 22.9 Å². The summed E-state index contributed by atoms with van der Waals surface area (Å²) in [7, 11) is 0. The van der Waals surface area contributed by atoms with Crippen LogP contribution in [-0.4, -0.2) is 14.5 Å². The maximum absolute atomic E-state index is 9.01. The van der Waals surface area contributed by atoms with Crippen LogP contribution in [0.15, 0.2) is 36.0 Å². The molecule has 2 heterocycles. The predicted octanol–water partition coefficient (Wildman–Crippen LogP) is 3.12. The van der Waals surface area contributed by atoms with Crippen LogP contribution < -0.4 is 4.74 Å². The zero-order valence-corrected chi connectivity index (χ0v) is 11.5. The molecule has 0 bridgehead atoms. The second kappa shape index (κ2) is 5.21. The number of fused-ring (bicyclic) bond motifs is 1. The molecular formula is C13H11ClN2O2S. The fourth-order valence-corrected chi connectivity index (χ4v) is 2.73. The zero-order chi connectivity index (χ0) is 13.2. The summed E-state index contributed by atoms with van der Waals surface area (Å²) in [4.78, 5) is 5.37. The van der Waals surface area contributed by atoms with Gasteiger partial charge in [-0.2, -0.15) is 0 Å². The summed E-state index contributed by atoms with van der Waals surface area (Å²) >= 11 is 7.65. The van der Waals surface area contributed by atoms with Crippen molar-refractivity contribution >= 4 is 27.9 Å². The van der Waals surface area contributed by atoms with Gasteiger partial charge in [-0.15, -0.1) is 11.3 Å². The van der Waals surface area contributed by atoms with Gasteiger partial charge in [0.1, 0.15) is 12.4 Å².